The number of aryl methyl sites for hydroxylation is 2. The molecule has 1 N–H and O–H groups in total. The molecule has 0 aliphatic carbocycles. The Hall–Kier alpha value is -1.56. The average Bonchev–Trinajstić information content (AvgIpc) is 2.46. The summed E-state index contributed by atoms with van der Waals surface area (Å²) < 4.78 is 32.6. The molecule has 2 rings (SSSR count). The topological polar surface area (TPSA) is 55.4 Å². The number of methoxy groups -OCH3 is 1. The van der Waals surface area contributed by atoms with E-state index in [1.165, 1.54) is 0 Å². The molecule has 0 aromatic heterocycles. The third-order valence-electron chi connectivity index (χ3n) is 3.33. The van der Waals surface area contributed by atoms with Crippen LogP contribution in [0.1, 0.15) is 16.7 Å². The van der Waals surface area contributed by atoms with Crippen LogP contribution in [0.3, 0.4) is 0 Å². The van der Waals surface area contributed by atoms with E-state index in [2.05, 4.69) is 4.72 Å². The van der Waals surface area contributed by atoms with Crippen molar-refractivity contribution in [3.8, 4) is 5.75 Å². The Kier molecular flexibility index (Phi) is 5.11. The number of rotatable bonds is 5. The van der Waals surface area contributed by atoms with E-state index in [1.807, 2.05) is 13.8 Å². The molecule has 22 heavy (non-hydrogen) atoms. The molecular weight excluding hydrogens is 322 g/mol. The van der Waals surface area contributed by atoms with Gasteiger partial charge in [-0.2, -0.15) is 0 Å². The van der Waals surface area contributed by atoms with Crippen LogP contribution in [-0.4, -0.2) is 15.5 Å². The highest BCUT2D eigenvalue weighted by Gasteiger charge is 2.17. The molecule has 0 unspecified atom stereocenters. The lowest BCUT2D eigenvalue weighted by molar-refractivity contribution is 0.408. The molecule has 0 aliphatic heterocycles. The highest BCUT2D eigenvalue weighted by atomic mass is 35.5. The van der Waals surface area contributed by atoms with Gasteiger partial charge in [0, 0.05) is 11.6 Å². The fourth-order valence-corrected chi connectivity index (χ4v) is 3.56. The Labute approximate surface area is 136 Å². The molecule has 0 saturated heterocycles. The molecule has 6 heteroatoms. The summed E-state index contributed by atoms with van der Waals surface area (Å²) in [5.74, 6) is 0.705. The van der Waals surface area contributed by atoms with Crippen LogP contribution in [0, 0.1) is 13.8 Å². The van der Waals surface area contributed by atoms with Crippen LogP contribution in [0.5, 0.6) is 5.75 Å². The highest BCUT2D eigenvalue weighted by Crippen LogP contribution is 2.26. The Morgan fingerprint density at radius 2 is 1.64 bits per heavy atom. The van der Waals surface area contributed by atoms with E-state index < -0.39 is 10.0 Å². The second kappa shape index (κ2) is 6.69. The maximum atomic E-state index is 12.4. The summed E-state index contributed by atoms with van der Waals surface area (Å²) in [6.45, 7) is 3.86. The van der Waals surface area contributed by atoms with Crippen LogP contribution in [0.2, 0.25) is 5.02 Å². The van der Waals surface area contributed by atoms with Gasteiger partial charge in [0.25, 0.3) is 0 Å². The first-order chi connectivity index (χ1) is 10.3. The monoisotopic (exact) mass is 339 g/mol. The van der Waals surface area contributed by atoms with Crippen LogP contribution in [0.15, 0.2) is 41.3 Å². The minimum absolute atomic E-state index is 0.212. The number of halogens is 1. The van der Waals surface area contributed by atoms with Crippen LogP contribution >= 0.6 is 11.6 Å². The average molecular weight is 340 g/mol. The third-order valence-corrected chi connectivity index (χ3v) is 4.96. The molecule has 0 saturated carbocycles. The van der Waals surface area contributed by atoms with Gasteiger partial charge in [-0.25, -0.2) is 13.1 Å². The molecule has 0 aliphatic rings. The van der Waals surface area contributed by atoms with Crippen LogP contribution in [0.25, 0.3) is 0 Å². The Morgan fingerprint density at radius 3 is 2.14 bits per heavy atom. The van der Waals surface area contributed by atoms with Crippen molar-refractivity contribution in [2.24, 2.45) is 0 Å². The van der Waals surface area contributed by atoms with Gasteiger partial charge >= 0.3 is 0 Å². The number of hydrogen-bond donors (Lipinski definition) is 1. The molecule has 0 radical (unpaired) electrons. The van der Waals surface area contributed by atoms with Crippen molar-refractivity contribution in [2.75, 3.05) is 7.11 Å². The van der Waals surface area contributed by atoms with Gasteiger partial charge in [0.05, 0.1) is 12.0 Å². The zero-order valence-corrected chi connectivity index (χ0v) is 14.3. The van der Waals surface area contributed by atoms with E-state index in [0.717, 1.165) is 16.7 Å². The maximum absolute atomic E-state index is 12.4. The number of sulfonamides is 1. The van der Waals surface area contributed by atoms with E-state index in [9.17, 15) is 8.42 Å². The highest BCUT2D eigenvalue weighted by molar-refractivity contribution is 7.89. The van der Waals surface area contributed by atoms with E-state index in [-0.39, 0.29) is 11.4 Å². The lowest BCUT2D eigenvalue weighted by atomic mass is 10.1. The number of benzene rings is 2. The first kappa shape index (κ1) is 16.8. The summed E-state index contributed by atoms with van der Waals surface area (Å²) in [4.78, 5) is 0.234. The standard InChI is InChI=1S/C16H18ClNO3S/c1-11-8-15(9-12(2)16(11)21-3)22(19,20)18-10-13-4-6-14(17)7-5-13/h4-9,18H,10H2,1-3H3. The smallest absolute Gasteiger partial charge is 0.240 e. The van der Waals surface area contributed by atoms with E-state index in [4.69, 9.17) is 16.3 Å². The molecule has 0 spiro atoms. The second-order valence-electron chi connectivity index (χ2n) is 5.04. The van der Waals surface area contributed by atoms with Crippen molar-refractivity contribution in [2.45, 2.75) is 25.3 Å². The van der Waals surface area contributed by atoms with Crippen LogP contribution < -0.4 is 9.46 Å². The lowest BCUT2D eigenvalue weighted by Crippen LogP contribution is -2.23. The summed E-state index contributed by atoms with van der Waals surface area (Å²) in [5.41, 5.74) is 2.42. The van der Waals surface area contributed by atoms with Crippen LogP contribution in [-0.2, 0) is 16.6 Å². The number of hydrogen-bond acceptors (Lipinski definition) is 3. The molecule has 0 bridgehead atoms. The van der Waals surface area contributed by atoms with Crippen molar-refractivity contribution in [1.29, 1.82) is 0 Å². The summed E-state index contributed by atoms with van der Waals surface area (Å²) >= 11 is 5.81. The predicted octanol–water partition coefficient (Wildman–Crippen LogP) is 3.44. The lowest BCUT2D eigenvalue weighted by Gasteiger charge is -2.12. The van der Waals surface area contributed by atoms with Crippen molar-refractivity contribution >= 4 is 21.6 Å². The van der Waals surface area contributed by atoms with Crippen molar-refractivity contribution < 1.29 is 13.2 Å². The van der Waals surface area contributed by atoms with Crippen molar-refractivity contribution in [3.63, 3.8) is 0 Å². The fraction of sp³-hybridized carbons (Fsp3) is 0.250. The zero-order valence-electron chi connectivity index (χ0n) is 12.7. The Bertz CT molecular complexity index is 747. The second-order valence-corrected chi connectivity index (χ2v) is 7.24. The third kappa shape index (κ3) is 3.80. The molecule has 4 nitrogen and oxygen atoms in total. The normalized spacial score (nSPS) is 11.5. The molecule has 118 valence electrons. The SMILES string of the molecule is COc1c(C)cc(S(=O)(=O)NCc2ccc(Cl)cc2)cc1C. The molecule has 0 heterocycles. The first-order valence-electron chi connectivity index (χ1n) is 6.73. The van der Waals surface area contributed by atoms with Crippen molar-refractivity contribution in [3.05, 3.63) is 58.1 Å². The molecule has 0 fully saturated rings. The van der Waals surface area contributed by atoms with E-state index >= 15 is 0 Å². The van der Waals surface area contributed by atoms with Gasteiger partial charge in [0.15, 0.2) is 0 Å². The quantitative estimate of drug-likeness (QED) is 0.907. The van der Waals surface area contributed by atoms with Gasteiger partial charge in [-0.1, -0.05) is 23.7 Å². The largest absolute Gasteiger partial charge is 0.496 e. The molecule has 0 atom stereocenters. The number of ether oxygens (including phenoxy) is 1. The fourth-order valence-electron chi connectivity index (χ4n) is 2.25. The summed E-state index contributed by atoms with van der Waals surface area (Å²) in [7, 11) is -2.01. The van der Waals surface area contributed by atoms with E-state index in [1.54, 1.807) is 43.5 Å². The maximum Gasteiger partial charge on any atom is 0.240 e. The molecular formula is C16H18ClNO3S. The molecule has 0 amide bonds. The minimum atomic E-state index is -3.58. The van der Waals surface area contributed by atoms with Gasteiger partial charge < -0.3 is 4.74 Å². The number of nitrogens with one attached hydrogen (secondary N) is 1. The molecule has 2 aromatic rings. The van der Waals surface area contributed by atoms with Gasteiger partial charge in [0.1, 0.15) is 5.75 Å². The summed E-state index contributed by atoms with van der Waals surface area (Å²) in [5, 5.41) is 0.619. The van der Waals surface area contributed by atoms with E-state index in [0.29, 0.717) is 10.8 Å². The zero-order chi connectivity index (χ0) is 16.3. The molecule has 2 aromatic carbocycles. The van der Waals surface area contributed by atoms with Gasteiger partial charge in [-0.05, 0) is 54.8 Å². The minimum Gasteiger partial charge on any atom is -0.496 e. The Balaban J connectivity index is 2.22. The van der Waals surface area contributed by atoms with Crippen LogP contribution in [0.4, 0.5) is 0 Å². The predicted molar refractivity (Wildman–Crippen MR) is 87.9 cm³/mol. The summed E-state index contributed by atoms with van der Waals surface area (Å²) in [6, 6.07) is 10.2. The first-order valence-corrected chi connectivity index (χ1v) is 8.59. The Morgan fingerprint density at radius 1 is 1.09 bits per heavy atom. The van der Waals surface area contributed by atoms with Gasteiger partial charge in [-0.15, -0.1) is 0 Å². The van der Waals surface area contributed by atoms with Crippen molar-refractivity contribution in [1.82, 2.24) is 4.72 Å². The van der Waals surface area contributed by atoms with Gasteiger partial charge in [0.2, 0.25) is 10.0 Å². The summed E-state index contributed by atoms with van der Waals surface area (Å²) in [6.07, 6.45) is 0. The van der Waals surface area contributed by atoms with Gasteiger partial charge in [-0.3, -0.25) is 0 Å².